The Morgan fingerprint density at radius 2 is 1.47 bits per heavy atom. The van der Waals surface area contributed by atoms with Crippen molar-refractivity contribution in [1.82, 2.24) is 10.2 Å². The van der Waals surface area contributed by atoms with Gasteiger partial charge in [-0.2, -0.15) is 0 Å². The van der Waals surface area contributed by atoms with Crippen LogP contribution in [0.5, 0.6) is 5.75 Å². The van der Waals surface area contributed by atoms with E-state index in [0.29, 0.717) is 17.3 Å². The highest BCUT2D eigenvalue weighted by atomic mass is 35.5. The van der Waals surface area contributed by atoms with Gasteiger partial charge >= 0.3 is 0 Å². The third-order valence-electron chi connectivity index (χ3n) is 7.17. The average Bonchev–Trinajstić information content (AvgIpc) is 3.04. The van der Waals surface area contributed by atoms with E-state index >= 15 is 0 Å². The topological polar surface area (TPSA) is 96.0 Å². The number of halogens is 1. The number of benzene rings is 4. The highest BCUT2D eigenvalue weighted by molar-refractivity contribution is 7.92. The summed E-state index contributed by atoms with van der Waals surface area (Å²) in [6, 6.07) is 30.1. The van der Waals surface area contributed by atoms with Gasteiger partial charge in [-0.25, -0.2) is 8.42 Å². The highest BCUT2D eigenvalue weighted by Crippen LogP contribution is 2.28. The summed E-state index contributed by atoms with van der Waals surface area (Å²) < 4.78 is 34.5. The van der Waals surface area contributed by atoms with Crippen molar-refractivity contribution in [3.05, 3.63) is 125 Å². The van der Waals surface area contributed by atoms with E-state index in [-0.39, 0.29) is 35.4 Å². The summed E-state index contributed by atoms with van der Waals surface area (Å²) in [5.74, 6) is -0.178. The summed E-state index contributed by atoms with van der Waals surface area (Å²) in [5.41, 5.74) is 1.88. The maximum Gasteiger partial charge on any atom is 0.264 e. The lowest BCUT2D eigenvalue weighted by Crippen LogP contribution is -2.53. The Balaban J connectivity index is 1.78. The van der Waals surface area contributed by atoms with Crippen LogP contribution in [-0.4, -0.2) is 51.4 Å². The molecule has 0 spiro atoms. The Morgan fingerprint density at radius 1 is 0.844 bits per heavy atom. The smallest absolute Gasteiger partial charge is 0.264 e. The number of methoxy groups -OCH3 is 1. The summed E-state index contributed by atoms with van der Waals surface area (Å²) in [6.07, 6.45) is 0.242. The molecule has 0 unspecified atom stereocenters. The maximum absolute atomic E-state index is 14.5. The minimum atomic E-state index is -4.25. The lowest BCUT2D eigenvalue weighted by Gasteiger charge is -2.34. The fraction of sp³-hybridized carbons (Fsp3) is 0.257. The van der Waals surface area contributed by atoms with Crippen molar-refractivity contribution in [2.24, 2.45) is 5.92 Å². The van der Waals surface area contributed by atoms with Crippen LogP contribution in [0, 0.1) is 5.92 Å². The van der Waals surface area contributed by atoms with E-state index in [4.69, 9.17) is 16.3 Å². The molecule has 0 saturated heterocycles. The van der Waals surface area contributed by atoms with Gasteiger partial charge in [0.1, 0.15) is 18.3 Å². The number of carbonyl (C=O) groups is 2. The molecule has 2 amide bonds. The van der Waals surface area contributed by atoms with Crippen LogP contribution < -0.4 is 14.4 Å². The first-order chi connectivity index (χ1) is 21.6. The molecular formula is C35H38ClN3O5S. The van der Waals surface area contributed by atoms with E-state index in [1.54, 1.807) is 30.3 Å². The SMILES string of the molecule is COc1ccc(S(=O)(=O)N(CC(=O)N(Cc2ccccc2)[C@H](Cc2ccccc2)C(=O)NCC(C)C)c2cccc(Cl)c2)cc1. The summed E-state index contributed by atoms with van der Waals surface area (Å²) in [7, 11) is -2.76. The molecule has 0 aliphatic rings. The molecule has 1 atom stereocenters. The first-order valence-corrected chi connectivity index (χ1v) is 16.5. The first-order valence-electron chi connectivity index (χ1n) is 14.7. The van der Waals surface area contributed by atoms with Crippen LogP contribution in [0.15, 0.2) is 114 Å². The number of ether oxygens (including phenoxy) is 1. The van der Waals surface area contributed by atoms with Gasteiger partial charge < -0.3 is 15.0 Å². The third-order valence-corrected chi connectivity index (χ3v) is 9.20. The van der Waals surface area contributed by atoms with Crippen LogP contribution in [0.1, 0.15) is 25.0 Å². The van der Waals surface area contributed by atoms with Crippen molar-refractivity contribution in [2.75, 3.05) is 24.5 Å². The van der Waals surface area contributed by atoms with Gasteiger partial charge in [-0.05, 0) is 59.5 Å². The van der Waals surface area contributed by atoms with Gasteiger partial charge in [-0.1, -0.05) is 92.2 Å². The zero-order valence-electron chi connectivity index (χ0n) is 25.6. The van der Waals surface area contributed by atoms with E-state index < -0.39 is 28.5 Å². The molecule has 4 aromatic carbocycles. The van der Waals surface area contributed by atoms with Gasteiger partial charge in [-0.15, -0.1) is 0 Å². The number of sulfonamides is 1. The van der Waals surface area contributed by atoms with Crippen molar-refractivity contribution in [3.8, 4) is 5.75 Å². The Hall–Kier alpha value is -4.34. The second-order valence-corrected chi connectivity index (χ2v) is 13.3. The number of nitrogens with one attached hydrogen (secondary N) is 1. The average molecular weight is 648 g/mol. The van der Waals surface area contributed by atoms with Crippen LogP contribution in [0.25, 0.3) is 0 Å². The number of amides is 2. The van der Waals surface area contributed by atoms with Gasteiger partial charge in [0.25, 0.3) is 10.0 Å². The predicted molar refractivity (Wildman–Crippen MR) is 178 cm³/mol. The van der Waals surface area contributed by atoms with Crippen LogP contribution in [0.4, 0.5) is 5.69 Å². The minimum Gasteiger partial charge on any atom is -0.497 e. The zero-order valence-corrected chi connectivity index (χ0v) is 27.2. The summed E-state index contributed by atoms with van der Waals surface area (Å²) in [6.45, 7) is 3.94. The number of hydrogen-bond donors (Lipinski definition) is 1. The maximum atomic E-state index is 14.5. The van der Waals surface area contributed by atoms with Crippen LogP contribution >= 0.6 is 11.6 Å². The number of hydrogen-bond acceptors (Lipinski definition) is 5. The molecule has 4 rings (SSSR count). The monoisotopic (exact) mass is 647 g/mol. The Bertz CT molecular complexity index is 1670. The van der Waals surface area contributed by atoms with Gasteiger partial charge in [-0.3, -0.25) is 13.9 Å². The molecule has 0 saturated carbocycles. The molecule has 0 heterocycles. The number of nitrogens with zero attached hydrogens (tertiary/aromatic N) is 2. The molecule has 45 heavy (non-hydrogen) atoms. The van der Waals surface area contributed by atoms with Crippen molar-refractivity contribution in [2.45, 2.75) is 37.8 Å². The molecule has 0 fully saturated rings. The molecule has 0 bridgehead atoms. The molecule has 10 heteroatoms. The normalized spacial score (nSPS) is 11.9. The fourth-order valence-electron chi connectivity index (χ4n) is 4.79. The summed E-state index contributed by atoms with van der Waals surface area (Å²) in [4.78, 5) is 29.7. The molecule has 8 nitrogen and oxygen atoms in total. The predicted octanol–water partition coefficient (Wildman–Crippen LogP) is 5.96. The van der Waals surface area contributed by atoms with E-state index in [0.717, 1.165) is 15.4 Å². The van der Waals surface area contributed by atoms with E-state index in [2.05, 4.69) is 5.32 Å². The Kier molecular flexibility index (Phi) is 11.6. The second kappa shape index (κ2) is 15.6. The van der Waals surface area contributed by atoms with Crippen molar-refractivity contribution in [1.29, 1.82) is 0 Å². The Morgan fingerprint density at radius 3 is 2.04 bits per heavy atom. The number of anilines is 1. The lowest BCUT2D eigenvalue weighted by atomic mass is 10.0. The zero-order chi connectivity index (χ0) is 32.4. The largest absolute Gasteiger partial charge is 0.497 e. The summed E-state index contributed by atoms with van der Waals surface area (Å²) >= 11 is 6.29. The van der Waals surface area contributed by atoms with Gasteiger partial charge in [0.15, 0.2) is 0 Å². The van der Waals surface area contributed by atoms with Crippen LogP contribution in [0.2, 0.25) is 5.02 Å². The first kappa shape index (κ1) is 33.6. The number of rotatable bonds is 14. The molecule has 0 aromatic heterocycles. The third kappa shape index (κ3) is 9.09. The van der Waals surface area contributed by atoms with Crippen LogP contribution in [-0.2, 0) is 32.6 Å². The molecule has 236 valence electrons. The van der Waals surface area contributed by atoms with E-state index in [9.17, 15) is 18.0 Å². The Labute approximate surface area is 270 Å². The van der Waals surface area contributed by atoms with Crippen molar-refractivity contribution >= 4 is 39.1 Å². The standard InChI is InChI=1S/C35H38ClN3O5S/c1-26(2)23-37-35(41)33(21-27-11-6-4-7-12-27)38(24-28-13-8-5-9-14-28)34(40)25-39(30-16-10-15-29(36)22-30)45(42,43)32-19-17-31(44-3)18-20-32/h4-20,22,26,33H,21,23-25H2,1-3H3,(H,37,41)/t33-/m1/s1. The molecular weight excluding hydrogens is 610 g/mol. The van der Waals surface area contributed by atoms with Crippen molar-refractivity contribution < 1.29 is 22.7 Å². The lowest BCUT2D eigenvalue weighted by molar-refractivity contribution is -0.140. The van der Waals surface area contributed by atoms with Crippen LogP contribution in [0.3, 0.4) is 0 Å². The highest BCUT2D eigenvalue weighted by Gasteiger charge is 2.34. The van der Waals surface area contributed by atoms with Crippen molar-refractivity contribution in [3.63, 3.8) is 0 Å². The molecule has 0 aliphatic heterocycles. The molecule has 1 N–H and O–H groups in total. The fourth-order valence-corrected chi connectivity index (χ4v) is 6.38. The van der Waals surface area contributed by atoms with E-state index in [1.807, 2.05) is 74.5 Å². The minimum absolute atomic E-state index is 0.0267. The molecule has 0 radical (unpaired) electrons. The molecule has 4 aromatic rings. The quantitative estimate of drug-likeness (QED) is 0.182. The summed E-state index contributed by atoms with van der Waals surface area (Å²) in [5, 5.41) is 3.30. The van der Waals surface area contributed by atoms with Gasteiger partial charge in [0.05, 0.1) is 17.7 Å². The van der Waals surface area contributed by atoms with E-state index in [1.165, 1.54) is 30.2 Å². The second-order valence-electron chi connectivity index (χ2n) is 11.0. The number of carbonyl (C=O) groups excluding carboxylic acids is 2. The van der Waals surface area contributed by atoms with Gasteiger partial charge in [0.2, 0.25) is 11.8 Å². The van der Waals surface area contributed by atoms with Gasteiger partial charge in [0, 0.05) is 24.5 Å². The molecule has 0 aliphatic carbocycles.